The van der Waals surface area contributed by atoms with Crippen molar-refractivity contribution in [3.05, 3.63) is 130 Å². The first-order valence-electron chi connectivity index (χ1n) is 20.0. The molecule has 2 N–H and O–H groups in total. The minimum atomic E-state index is -0.483. The van der Waals surface area contributed by atoms with Crippen molar-refractivity contribution in [3.63, 3.8) is 0 Å². The second-order valence-corrected chi connectivity index (χ2v) is 16.1. The Balaban J connectivity index is 0.794. The number of halogens is 1. The second-order valence-electron chi connectivity index (χ2n) is 16.1. The molecule has 0 spiro atoms. The van der Waals surface area contributed by atoms with E-state index in [1.807, 2.05) is 36.4 Å². The monoisotopic (exact) mass is 740 g/mol. The zero-order chi connectivity index (χ0) is 37.6. The highest BCUT2D eigenvalue weighted by Crippen LogP contribution is 2.48. The number of nitrogens with zero attached hydrogens (tertiary/aromatic N) is 5. The molecule has 3 aromatic carbocycles. The highest BCUT2D eigenvalue weighted by atomic mass is 19.1. The maximum absolute atomic E-state index is 16.3. The van der Waals surface area contributed by atoms with Crippen molar-refractivity contribution in [2.45, 2.75) is 62.9 Å². The quantitative estimate of drug-likeness (QED) is 0.222. The van der Waals surface area contributed by atoms with E-state index in [4.69, 9.17) is 4.98 Å². The smallest absolute Gasteiger partial charge is 0.256 e. The maximum atomic E-state index is 16.3. The number of nitrogens with one attached hydrogen (secondary N) is 1. The fourth-order valence-electron chi connectivity index (χ4n) is 9.79. The zero-order valence-electron chi connectivity index (χ0n) is 31.3. The highest BCUT2D eigenvalue weighted by molar-refractivity contribution is 6.01. The molecular formula is C45H49FN6O3. The number of carbonyl (C=O) groups is 2. The van der Waals surface area contributed by atoms with Crippen molar-refractivity contribution < 1.29 is 19.1 Å². The van der Waals surface area contributed by atoms with E-state index in [0.717, 1.165) is 105 Å². The third-order valence-electron chi connectivity index (χ3n) is 12.8. The normalized spacial score (nSPS) is 23.5. The van der Waals surface area contributed by atoms with Crippen LogP contribution in [-0.4, -0.2) is 83.6 Å². The Kier molecular flexibility index (Phi) is 9.54. The summed E-state index contributed by atoms with van der Waals surface area (Å²) in [5.74, 6) is 1.36. The molecule has 3 fully saturated rings. The van der Waals surface area contributed by atoms with Crippen LogP contribution in [0.1, 0.15) is 82.2 Å². The van der Waals surface area contributed by atoms with Gasteiger partial charge in [0.25, 0.3) is 5.91 Å². The molecule has 3 saturated heterocycles. The number of benzene rings is 3. The van der Waals surface area contributed by atoms with E-state index in [9.17, 15) is 14.7 Å². The number of fused-ring (bicyclic) bond motifs is 2. The molecule has 1 aliphatic carbocycles. The number of aromatic nitrogens is 1. The van der Waals surface area contributed by atoms with E-state index in [1.165, 1.54) is 5.56 Å². The molecule has 5 heterocycles. The number of aromatic hydroxyl groups is 1. The Morgan fingerprint density at radius 3 is 2.36 bits per heavy atom. The third-order valence-corrected chi connectivity index (χ3v) is 12.8. The summed E-state index contributed by atoms with van der Waals surface area (Å²) in [7, 11) is 0. The molecule has 55 heavy (non-hydrogen) atoms. The molecule has 9 rings (SSSR count). The average Bonchev–Trinajstić information content (AvgIpc) is 3.53. The lowest BCUT2D eigenvalue weighted by molar-refractivity contribution is -0.126. The van der Waals surface area contributed by atoms with Gasteiger partial charge in [0.05, 0.1) is 17.8 Å². The molecule has 3 atom stereocenters. The van der Waals surface area contributed by atoms with E-state index in [2.05, 4.69) is 56.9 Å². The van der Waals surface area contributed by atoms with Gasteiger partial charge in [-0.2, -0.15) is 0 Å². The summed E-state index contributed by atoms with van der Waals surface area (Å²) in [5, 5.41) is 13.0. The van der Waals surface area contributed by atoms with Crippen LogP contribution in [0, 0.1) is 11.7 Å². The largest absolute Gasteiger partial charge is 0.508 e. The summed E-state index contributed by atoms with van der Waals surface area (Å²) < 4.78 is 16.3. The molecule has 4 aliphatic heterocycles. The molecule has 4 aromatic rings. The number of carbonyl (C=O) groups excluding carboxylic acids is 2. The number of piperidine rings is 2. The molecule has 284 valence electrons. The van der Waals surface area contributed by atoms with Crippen LogP contribution < -0.4 is 15.1 Å². The van der Waals surface area contributed by atoms with Gasteiger partial charge >= 0.3 is 0 Å². The summed E-state index contributed by atoms with van der Waals surface area (Å²) >= 11 is 0. The molecule has 0 bridgehead atoms. The molecule has 10 heteroatoms. The van der Waals surface area contributed by atoms with Gasteiger partial charge in [-0.1, -0.05) is 49.0 Å². The lowest BCUT2D eigenvalue weighted by Gasteiger charge is -2.40. The topological polar surface area (TPSA) is 92.3 Å². The van der Waals surface area contributed by atoms with Gasteiger partial charge in [-0.25, -0.2) is 9.37 Å². The van der Waals surface area contributed by atoms with Gasteiger partial charge in [0.2, 0.25) is 5.91 Å². The number of piperazine rings is 1. The van der Waals surface area contributed by atoms with Gasteiger partial charge in [-0.05, 0) is 109 Å². The van der Waals surface area contributed by atoms with E-state index in [-0.39, 0.29) is 35.2 Å². The van der Waals surface area contributed by atoms with Crippen LogP contribution >= 0.6 is 0 Å². The predicted molar refractivity (Wildman–Crippen MR) is 212 cm³/mol. The van der Waals surface area contributed by atoms with Gasteiger partial charge in [0, 0.05) is 63.1 Å². The maximum Gasteiger partial charge on any atom is 0.256 e. The van der Waals surface area contributed by atoms with Crippen LogP contribution in [-0.2, 0) is 17.8 Å². The Labute approximate surface area is 322 Å². The Bertz CT molecular complexity index is 2110. The molecule has 2 amide bonds. The van der Waals surface area contributed by atoms with Crippen molar-refractivity contribution in [1.29, 1.82) is 0 Å². The van der Waals surface area contributed by atoms with Crippen molar-refractivity contribution >= 4 is 23.3 Å². The number of hydrogen-bond acceptors (Lipinski definition) is 7. The van der Waals surface area contributed by atoms with Gasteiger partial charge in [0.1, 0.15) is 23.4 Å². The van der Waals surface area contributed by atoms with Crippen molar-refractivity contribution in [2.24, 2.45) is 5.92 Å². The molecule has 1 unspecified atom stereocenters. The minimum Gasteiger partial charge on any atom is -0.508 e. The van der Waals surface area contributed by atoms with Crippen molar-refractivity contribution in [2.75, 3.05) is 55.6 Å². The van der Waals surface area contributed by atoms with Gasteiger partial charge in [-0.3, -0.25) is 14.5 Å². The number of amides is 2. The third kappa shape index (κ3) is 6.97. The van der Waals surface area contributed by atoms with E-state index >= 15 is 4.39 Å². The van der Waals surface area contributed by atoms with E-state index in [1.54, 1.807) is 17.0 Å². The number of phenols is 1. The van der Waals surface area contributed by atoms with Crippen LogP contribution in [0.25, 0.3) is 0 Å². The molecule has 5 aliphatic rings. The van der Waals surface area contributed by atoms with Crippen LogP contribution in [0.2, 0.25) is 0 Å². The van der Waals surface area contributed by atoms with Crippen molar-refractivity contribution in [3.8, 4) is 5.75 Å². The molecule has 9 nitrogen and oxygen atoms in total. The zero-order valence-corrected chi connectivity index (χ0v) is 31.3. The summed E-state index contributed by atoms with van der Waals surface area (Å²) in [6.45, 7) is 10.8. The lowest BCUT2D eigenvalue weighted by atomic mass is 9.69. The molecule has 0 saturated carbocycles. The number of anilines is 2. The number of pyridine rings is 1. The highest BCUT2D eigenvalue weighted by Gasteiger charge is 2.39. The fraction of sp³-hybridized carbons (Fsp3) is 0.400. The number of rotatable bonds is 7. The number of hydrogen-bond donors (Lipinski definition) is 2. The summed E-state index contributed by atoms with van der Waals surface area (Å²) in [6.07, 6.45) is 5.17. The summed E-state index contributed by atoms with van der Waals surface area (Å²) in [4.78, 5) is 39.5. The SMILES string of the molecule is C=C1CCC(N2Cc3nc(N4CCN(CC5CCN(c6ccc([C@H]7c8ccc(O)cc8CC[C@H]7c7ccccc7)c(F)c6)CC5)CC4)ccc3C2=O)C(=O)N1. The van der Waals surface area contributed by atoms with Crippen LogP contribution in [0.3, 0.4) is 0 Å². The Hall–Kier alpha value is -5.22. The number of phenolic OH excluding ortho intramolecular Hbond substituents is 1. The first kappa shape index (κ1) is 35.5. The van der Waals surface area contributed by atoms with Crippen LogP contribution in [0.5, 0.6) is 5.75 Å². The van der Waals surface area contributed by atoms with Crippen LogP contribution in [0.15, 0.2) is 91.1 Å². The minimum absolute atomic E-state index is 0.113. The second kappa shape index (κ2) is 14.8. The molecule has 1 aromatic heterocycles. The van der Waals surface area contributed by atoms with Gasteiger partial charge in [-0.15, -0.1) is 0 Å². The fourth-order valence-corrected chi connectivity index (χ4v) is 9.79. The first-order chi connectivity index (χ1) is 26.8. The van der Waals surface area contributed by atoms with Gasteiger partial charge < -0.3 is 25.1 Å². The van der Waals surface area contributed by atoms with Crippen LogP contribution in [0.4, 0.5) is 15.9 Å². The predicted octanol–water partition coefficient (Wildman–Crippen LogP) is 6.57. The average molecular weight is 741 g/mol. The lowest BCUT2D eigenvalue weighted by Crippen LogP contribution is -2.49. The van der Waals surface area contributed by atoms with Crippen molar-refractivity contribution in [1.82, 2.24) is 20.1 Å². The number of allylic oxidation sites excluding steroid dienone is 1. The first-order valence-corrected chi connectivity index (χ1v) is 20.0. The standard InChI is InChI=1S/C45H49FN6O3/c1-29-7-15-41(44(54)47-29)52-28-40-38(45(52)55)14-16-42(48-40)51-23-21-49(22-24-51)27-30-17-19-50(20-18-30)33-9-12-37(39(46)26-33)43-35(31-5-3-2-4-6-31)11-8-32-25-34(53)10-13-36(32)43/h2-6,9-10,12-14,16,25-26,30,35,41,43,53H,1,7-8,11,15,17-24,27-28H2,(H,47,54)/t35-,41?,43+/m0/s1. The van der Waals surface area contributed by atoms with Gasteiger partial charge in [0.15, 0.2) is 0 Å². The number of aryl methyl sites for hydroxylation is 1. The summed E-state index contributed by atoms with van der Waals surface area (Å²) in [6, 6.07) is 25.2. The Morgan fingerprint density at radius 1 is 0.818 bits per heavy atom. The Morgan fingerprint density at radius 2 is 1.60 bits per heavy atom. The summed E-state index contributed by atoms with van der Waals surface area (Å²) in [5.41, 5.74) is 7.16. The molecular weight excluding hydrogens is 692 g/mol. The molecule has 0 radical (unpaired) electrons. The van der Waals surface area contributed by atoms with E-state index < -0.39 is 6.04 Å². The van der Waals surface area contributed by atoms with E-state index in [0.29, 0.717) is 36.6 Å².